The molecule has 0 N–H and O–H groups in total. The van der Waals surface area contributed by atoms with E-state index in [0.29, 0.717) is 43.5 Å². The summed E-state index contributed by atoms with van der Waals surface area (Å²) in [5.74, 6) is 3.32. The van der Waals surface area contributed by atoms with Crippen molar-refractivity contribution in [2.24, 2.45) is 0 Å². The molecule has 4 rings (SSSR count). The zero-order chi connectivity index (χ0) is 24.8. The smallest absolute Gasteiger partial charge is 0.260 e. The van der Waals surface area contributed by atoms with E-state index in [1.165, 1.54) is 0 Å². The zero-order valence-electron chi connectivity index (χ0n) is 20.7. The van der Waals surface area contributed by atoms with E-state index >= 15 is 0 Å². The number of hydrogen-bond acceptors (Lipinski definition) is 7. The average molecular weight is 477 g/mol. The van der Waals surface area contributed by atoms with E-state index in [1.54, 1.807) is 14.2 Å². The summed E-state index contributed by atoms with van der Waals surface area (Å²) in [6, 6.07) is 17.3. The SMILES string of the molecule is COc1ccc(OC)c(-c2ccc(N3CCN(C(=O)COc4ccccc4C(C)C)CC3)nn2)c1. The van der Waals surface area contributed by atoms with Gasteiger partial charge in [-0.25, -0.2) is 0 Å². The van der Waals surface area contributed by atoms with Gasteiger partial charge in [0.1, 0.15) is 17.2 Å². The number of carbonyl (C=O) groups is 1. The number of methoxy groups -OCH3 is 2. The molecular weight excluding hydrogens is 444 g/mol. The Morgan fingerprint density at radius 3 is 2.34 bits per heavy atom. The lowest BCUT2D eigenvalue weighted by molar-refractivity contribution is -0.133. The molecule has 3 aromatic rings. The highest BCUT2D eigenvalue weighted by molar-refractivity contribution is 5.78. The fourth-order valence-electron chi connectivity index (χ4n) is 4.16. The summed E-state index contributed by atoms with van der Waals surface area (Å²) in [5, 5.41) is 8.85. The summed E-state index contributed by atoms with van der Waals surface area (Å²) in [6.07, 6.45) is 0. The Morgan fingerprint density at radius 1 is 0.914 bits per heavy atom. The van der Waals surface area contributed by atoms with Crippen molar-refractivity contribution in [3.63, 3.8) is 0 Å². The molecule has 0 bridgehead atoms. The molecule has 1 fully saturated rings. The van der Waals surface area contributed by atoms with E-state index in [2.05, 4.69) is 28.9 Å². The second-order valence-electron chi connectivity index (χ2n) is 8.69. The van der Waals surface area contributed by atoms with E-state index in [1.807, 2.05) is 59.5 Å². The van der Waals surface area contributed by atoms with Crippen LogP contribution in [0.5, 0.6) is 17.2 Å². The summed E-state index contributed by atoms with van der Waals surface area (Å²) < 4.78 is 16.7. The zero-order valence-corrected chi connectivity index (χ0v) is 20.7. The highest BCUT2D eigenvalue weighted by atomic mass is 16.5. The van der Waals surface area contributed by atoms with Crippen LogP contribution in [0, 0.1) is 0 Å². The van der Waals surface area contributed by atoms with Crippen molar-refractivity contribution in [1.29, 1.82) is 0 Å². The molecule has 184 valence electrons. The van der Waals surface area contributed by atoms with Crippen molar-refractivity contribution >= 4 is 11.7 Å². The monoisotopic (exact) mass is 476 g/mol. The third kappa shape index (κ3) is 5.65. The van der Waals surface area contributed by atoms with Gasteiger partial charge in [-0.15, -0.1) is 10.2 Å². The second-order valence-corrected chi connectivity index (χ2v) is 8.69. The van der Waals surface area contributed by atoms with Crippen molar-refractivity contribution < 1.29 is 19.0 Å². The van der Waals surface area contributed by atoms with Crippen LogP contribution in [0.15, 0.2) is 54.6 Å². The van der Waals surface area contributed by atoms with Gasteiger partial charge in [-0.1, -0.05) is 32.0 Å². The fourth-order valence-corrected chi connectivity index (χ4v) is 4.16. The van der Waals surface area contributed by atoms with Crippen LogP contribution in [0.2, 0.25) is 0 Å². The molecule has 1 aliphatic rings. The number of amides is 1. The first-order valence-corrected chi connectivity index (χ1v) is 11.8. The Morgan fingerprint density at radius 2 is 1.69 bits per heavy atom. The minimum atomic E-state index is -0.00485. The lowest BCUT2D eigenvalue weighted by atomic mass is 10.0. The summed E-state index contributed by atoms with van der Waals surface area (Å²) in [7, 11) is 3.25. The first kappa shape index (κ1) is 24.3. The van der Waals surface area contributed by atoms with Gasteiger partial charge >= 0.3 is 0 Å². The van der Waals surface area contributed by atoms with Gasteiger partial charge in [0.15, 0.2) is 12.4 Å². The molecule has 0 atom stereocenters. The molecule has 0 saturated carbocycles. The van der Waals surface area contributed by atoms with Crippen LogP contribution in [-0.4, -0.2) is 68.0 Å². The van der Waals surface area contributed by atoms with Gasteiger partial charge < -0.3 is 24.0 Å². The highest BCUT2D eigenvalue weighted by Gasteiger charge is 2.23. The molecule has 2 aromatic carbocycles. The van der Waals surface area contributed by atoms with Crippen LogP contribution in [-0.2, 0) is 4.79 Å². The van der Waals surface area contributed by atoms with Crippen LogP contribution < -0.4 is 19.1 Å². The molecule has 0 aliphatic carbocycles. The fraction of sp³-hybridized carbons (Fsp3) is 0.370. The van der Waals surface area contributed by atoms with Crippen LogP contribution in [0.4, 0.5) is 5.82 Å². The van der Waals surface area contributed by atoms with Gasteiger partial charge in [-0.05, 0) is 47.9 Å². The molecule has 2 heterocycles. The van der Waals surface area contributed by atoms with Crippen LogP contribution in [0.1, 0.15) is 25.3 Å². The molecular formula is C27H32N4O4. The van der Waals surface area contributed by atoms with Crippen molar-refractivity contribution in [2.75, 3.05) is 51.9 Å². The number of benzene rings is 2. The largest absolute Gasteiger partial charge is 0.497 e. The predicted octanol–water partition coefficient (Wildman–Crippen LogP) is 4.01. The number of ether oxygens (including phenoxy) is 3. The van der Waals surface area contributed by atoms with Crippen LogP contribution in [0.3, 0.4) is 0 Å². The van der Waals surface area contributed by atoms with Gasteiger partial charge in [0.05, 0.1) is 19.9 Å². The Balaban J connectivity index is 1.34. The Bertz CT molecular complexity index is 1140. The van der Waals surface area contributed by atoms with Crippen LogP contribution in [0.25, 0.3) is 11.3 Å². The first-order chi connectivity index (χ1) is 17.0. The second kappa shape index (κ2) is 11.1. The quantitative estimate of drug-likeness (QED) is 0.486. The summed E-state index contributed by atoms with van der Waals surface area (Å²) >= 11 is 0. The molecule has 0 radical (unpaired) electrons. The normalized spacial score (nSPS) is 13.6. The molecule has 1 saturated heterocycles. The van der Waals surface area contributed by atoms with Crippen molar-refractivity contribution in [1.82, 2.24) is 15.1 Å². The predicted molar refractivity (Wildman–Crippen MR) is 135 cm³/mol. The maximum Gasteiger partial charge on any atom is 0.260 e. The highest BCUT2D eigenvalue weighted by Crippen LogP contribution is 2.32. The van der Waals surface area contributed by atoms with Gasteiger partial charge in [0, 0.05) is 31.7 Å². The number of nitrogens with zero attached hydrogens (tertiary/aromatic N) is 4. The lowest BCUT2D eigenvalue weighted by Crippen LogP contribution is -2.50. The van der Waals surface area contributed by atoms with Gasteiger partial charge in [0.25, 0.3) is 5.91 Å². The number of carbonyl (C=O) groups excluding carboxylic acids is 1. The Hall–Kier alpha value is -3.81. The molecule has 1 aliphatic heterocycles. The number of aromatic nitrogens is 2. The van der Waals surface area contributed by atoms with Gasteiger partial charge in [-0.2, -0.15) is 0 Å². The number of para-hydroxylation sites is 1. The van der Waals surface area contributed by atoms with E-state index in [0.717, 1.165) is 28.4 Å². The average Bonchev–Trinajstić information content (AvgIpc) is 2.91. The number of anilines is 1. The maximum absolute atomic E-state index is 12.7. The topological polar surface area (TPSA) is 77.0 Å². The third-order valence-corrected chi connectivity index (χ3v) is 6.18. The molecule has 8 nitrogen and oxygen atoms in total. The standard InChI is InChI=1S/C27H32N4O4/c1-19(2)21-7-5-6-8-25(21)35-18-27(32)31-15-13-30(14-16-31)26-12-10-23(28-29-26)22-17-20(33-3)9-11-24(22)34-4/h5-12,17,19H,13-16,18H2,1-4H3. The lowest BCUT2D eigenvalue weighted by Gasteiger charge is -2.35. The van der Waals surface area contributed by atoms with E-state index in [4.69, 9.17) is 14.2 Å². The van der Waals surface area contributed by atoms with Crippen molar-refractivity contribution in [3.05, 3.63) is 60.2 Å². The molecule has 0 unspecified atom stereocenters. The van der Waals surface area contributed by atoms with Crippen LogP contribution >= 0.6 is 0 Å². The number of rotatable bonds is 8. The van der Waals surface area contributed by atoms with Crippen molar-refractivity contribution in [2.45, 2.75) is 19.8 Å². The number of piperazine rings is 1. The molecule has 1 aromatic heterocycles. The minimum Gasteiger partial charge on any atom is -0.497 e. The summed E-state index contributed by atoms with van der Waals surface area (Å²) in [6.45, 7) is 6.87. The number of hydrogen-bond donors (Lipinski definition) is 0. The molecule has 35 heavy (non-hydrogen) atoms. The van der Waals surface area contributed by atoms with E-state index in [9.17, 15) is 4.79 Å². The molecule has 8 heteroatoms. The van der Waals surface area contributed by atoms with Gasteiger partial charge in [-0.3, -0.25) is 4.79 Å². The molecule has 1 amide bonds. The Kier molecular flexibility index (Phi) is 7.70. The molecule has 0 spiro atoms. The van der Waals surface area contributed by atoms with Crippen molar-refractivity contribution in [3.8, 4) is 28.5 Å². The summed E-state index contributed by atoms with van der Waals surface area (Å²) in [5.41, 5.74) is 2.64. The minimum absolute atomic E-state index is 0.00485. The maximum atomic E-state index is 12.7. The van der Waals surface area contributed by atoms with Gasteiger partial charge in [0.2, 0.25) is 0 Å². The third-order valence-electron chi connectivity index (χ3n) is 6.18. The van der Waals surface area contributed by atoms with E-state index < -0.39 is 0 Å². The summed E-state index contributed by atoms with van der Waals surface area (Å²) in [4.78, 5) is 16.7. The Labute approximate surface area is 206 Å². The first-order valence-electron chi connectivity index (χ1n) is 11.8. The van der Waals surface area contributed by atoms with E-state index in [-0.39, 0.29) is 12.5 Å².